The highest BCUT2D eigenvalue weighted by Gasteiger charge is 2.09. The second-order valence-electron chi connectivity index (χ2n) is 3.63. The van der Waals surface area contributed by atoms with Crippen LogP contribution in [0.1, 0.15) is 12.5 Å². The number of benzene rings is 2. The van der Waals surface area contributed by atoms with Gasteiger partial charge in [-0.1, -0.05) is 48.4 Å². The van der Waals surface area contributed by atoms with Gasteiger partial charge in [0.2, 0.25) is 0 Å². The summed E-state index contributed by atoms with van der Waals surface area (Å²) in [5.41, 5.74) is 2.96. The maximum Gasteiger partial charge on any atom is 0.142 e. The molecule has 0 radical (unpaired) electrons. The summed E-state index contributed by atoms with van der Waals surface area (Å²) in [5.74, 6) is 3.46. The summed E-state index contributed by atoms with van der Waals surface area (Å²) in [6.45, 7) is 2.57. The Labute approximate surface area is 102 Å². The van der Waals surface area contributed by atoms with Gasteiger partial charge in [-0.2, -0.15) is 0 Å². The molecule has 0 saturated carbocycles. The van der Waals surface area contributed by atoms with Gasteiger partial charge in [0.15, 0.2) is 0 Å². The number of terminal acetylenes is 1. The van der Waals surface area contributed by atoms with Crippen LogP contribution in [0.4, 0.5) is 0 Å². The molecule has 0 aromatic heterocycles. The van der Waals surface area contributed by atoms with E-state index in [0.717, 1.165) is 22.4 Å². The molecule has 84 valence electrons. The van der Waals surface area contributed by atoms with Gasteiger partial charge in [-0.3, -0.25) is 0 Å². The molecule has 2 aromatic carbocycles. The van der Waals surface area contributed by atoms with Crippen molar-refractivity contribution in [2.45, 2.75) is 6.92 Å². The Balaban J connectivity index is 2.58. The zero-order chi connectivity index (χ0) is 12.1. The Bertz CT molecular complexity index is 535. The zero-order valence-corrected chi connectivity index (χ0v) is 9.81. The van der Waals surface area contributed by atoms with Crippen molar-refractivity contribution in [3.63, 3.8) is 0 Å². The lowest BCUT2D eigenvalue weighted by Gasteiger charge is -2.12. The first kappa shape index (κ1) is 11.3. The first-order chi connectivity index (χ1) is 8.36. The maximum absolute atomic E-state index is 5.67. The molecule has 0 N–H and O–H groups in total. The minimum atomic E-state index is 0.610. The van der Waals surface area contributed by atoms with Crippen LogP contribution in [0, 0.1) is 12.3 Å². The quantitative estimate of drug-likeness (QED) is 0.719. The van der Waals surface area contributed by atoms with Crippen LogP contribution in [0.15, 0.2) is 48.5 Å². The highest BCUT2D eigenvalue weighted by molar-refractivity contribution is 5.73. The summed E-state index contributed by atoms with van der Waals surface area (Å²) in [6.07, 6.45) is 5.50. The second-order valence-corrected chi connectivity index (χ2v) is 3.63. The molecule has 1 nitrogen and oxygen atoms in total. The molecule has 0 amide bonds. The van der Waals surface area contributed by atoms with Gasteiger partial charge >= 0.3 is 0 Å². The Morgan fingerprint density at radius 1 is 1.06 bits per heavy atom. The van der Waals surface area contributed by atoms with Gasteiger partial charge in [0, 0.05) is 5.56 Å². The first-order valence-corrected chi connectivity index (χ1v) is 5.64. The standard InChI is InChI=1S/C16H14O/c1-3-13-11-8-12-15(16(13)17-4-2)14-9-6-5-7-10-14/h1,5-12H,4H2,2H3. The Kier molecular flexibility index (Phi) is 3.47. The van der Waals surface area contributed by atoms with Crippen molar-refractivity contribution in [1.29, 1.82) is 0 Å². The first-order valence-electron chi connectivity index (χ1n) is 5.64. The summed E-state index contributed by atoms with van der Waals surface area (Å²) < 4.78 is 5.67. The van der Waals surface area contributed by atoms with Gasteiger partial charge in [0.25, 0.3) is 0 Å². The zero-order valence-electron chi connectivity index (χ0n) is 9.81. The summed E-state index contributed by atoms with van der Waals surface area (Å²) in [6, 6.07) is 16.0. The van der Waals surface area contributed by atoms with Crippen LogP contribution >= 0.6 is 0 Å². The van der Waals surface area contributed by atoms with E-state index >= 15 is 0 Å². The van der Waals surface area contributed by atoms with Crippen LogP contribution in [0.5, 0.6) is 5.75 Å². The Morgan fingerprint density at radius 2 is 1.82 bits per heavy atom. The molecule has 0 aliphatic rings. The molecule has 0 bridgehead atoms. The van der Waals surface area contributed by atoms with Gasteiger partial charge in [-0.05, 0) is 18.6 Å². The molecule has 0 atom stereocenters. The molecule has 17 heavy (non-hydrogen) atoms. The molecular weight excluding hydrogens is 208 g/mol. The van der Waals surface area contributed by atoms with Gasteiger partial charge in [0.1, 0.15) is 5.75 Å². The van der Waals surface area contributed by atoms with Crippen LogP contribution in [0.3, 0.4) is 0 Å². The highest BCUT2D eigenvalue weighted by atomic mass is 16.5. The summed E-state index contributed by atoms with van der Waals surface area (Å²) in [4.78, 5) is 0. The molecule has 0 saturated heterocycles. The van der Waals surface area contributed by atoms with Crippen molar-refractivity contribution >= 4 is 0 Å². The number of hydrogen-bond donors (Lipinski definition) is 0. The smallest absolute Gasteiger partial charge is 0.142 e. The van der Waals surface area contributed by atoms with Crippen LogP contribution < -0.4 is 4.74 Å². The van der Waals surface area contributed by atoms with E-state index in [0.29, 0.717) is 6.61 Å². The fourth-order valence-corrected chi connectivity index (χ4v) is 1.80. The van der Waals surface area contributed by atoms with Crippen molar-refractivity contribution in [1.82, 2.24) is 0 Å². The number of para-hydroxylation sites is 1. The molecule has 0 spiro atoms. The van der Waals surface area contributed by atoms with Crippen LogP contribution in [-0.2, 0) is 0 Å². The molecular formula is C16H14O. The third-order valence-electron chi connectivity index (χ3n) is 2.54. The lowest BCUT2D eigenvalue weighted by atomic mass is 10.0. The maximum atomic E-state index is 5.67. The molecule has 0 heterocycles. The van der Waals surface area contributed by atoms with E-state index in [1.165, 1.54) is 0 Å². The lowest BCUT2D eigenvalue weighted by Crippen LogP contribution is -1.96. The van der Waals surface area contributed by atoms with Gasteiger partial charge in [-0.25, -0.2) is 0 Å². The van der Waals surface area contributed by atoms with E-state index in [4.69, 9.17) is 11.2 Å². The molecule has 2 aromatic rings. The summed E-state index contributed by atoms with van der Waals surface area (Å²) in [7, 11) is 0. The van der Waals surface area contributed by atoms with Gasteiger partial charge in [-0.15, -0.1) is 6.42 Å². The second kappa shape index (κ2) is 5.23. The lowest BCUT2D eigenvalue weighted by molar-refractivity contribution is 0.341. The Hall–Kier alpha value is -2.20. The topological polar surface area (TPSA) is 9.23 Å². The van der Waals surface area contributed by atoms with Gasteiger partial charge < -0.3 is 4.74 Å². The number of hydrogen-bond acceptors (Lipinski definition) is 1. The summed E-state index contributed by atoms with van der Waals surface area (Å²) in [5, 5.41) is 0. The van der Waals surface area contributed by atoms with E-state index in [1.807, 2.05) is 43.3 Å². The molecule has 0 fully saturated rings. The van der Waals surface area contributed by atoms with Crippen LogP contribution in [0.25, 0.3) is 11.1 Å². The monoisotopic (exact) mass is 222 g/mol. The predicted octanol–water partition coefficient (Wildman–Crippen LogP) is 3.73. The average molecular weight is 222 g/mol. The van der Waals surface area contributed by atoms with Crippen LogP contribution in [0.2, 0.25) is 0 Å². The minimum absolute atomic E-state index is 0.610. The Morgan fingerprint density at radius 3 is 2.47 bits per heavy atom. The van der Waals surface area contributed by atoms with Gasteiger partial charge in [0.05, 0.1) is 12.2 Å². The predicted molar refractivity (Wildman–Crippen MR) is 71.0 cm³/mol. The number of ether oxygens (including phenoxy) is 1. The third kappa shape index (κ3) is 2.32. The van der Waals surface area contributed by atoms with E-state index in [2.05, 4.69) is 18.1 Å². The molecule has 1 heteroatoms. The molecule has 0 aliphatic carbocycles. The largest absolute Gasteiger partial charge is 0.492 e. The minimum Gasteiger partial charge on any atom is -0.492 e. The van der Waals surface area contributed by atoms with Crippen molar-refractivity contribution in [3.8, 4) is 29.2 Å². The fourth-order valence-electron chi connectivity index (χ4n) is 1.80. The van der Waals surface area contributed by atoms with Crippen LogP contribution in [-0.4, -0.2) is 6.61 Å². The van der Waals surface area contributed by atoms with Crippen molar-refractivity contribution < 1.29 is 4.74 Å². The fraction of sp³-hybridized carbons (Fsp3) is 0.125. The van der Waals surface area contributed by atoms with Crippen molar-refractivity contribution in [2.75, 3.05) is 6.61 Å². The SMILES string of the molecule is C#Cc1cccc(-c2ccccc2)c1OCC. The molecule has 0 unspecified atom stereocenters. The van der Waals surface area contributed by atoms with Crippen molar-refractivity contribution in [2.24, 2.45) is 0 Å². The van der Waals surface area contributed by atoms with E-state index in [1.54, 1.807) is 0 Å². The van der Waals surface area contributed by atoms with E-state index < -0.39 is 0 Å². The normalized spacial score (nSPS) is 9.65. The number of rotatable bonds is 3. The molecule has 0 aliphatic heterocycles. The summed E-state index contributed by atoms with van der Waals surface area (Å²) >= 11 is 0. The van der Waals surface area contributed by atoms with Crippen molar-refractivity contribution in [3.05, 3.63) is 54.1 Å². The third-order valence-corrected chi connectivity index (χ3v) is 2.54. The average Bonchev–Trinajstić information content (AvgIpc) is 2.40. The highest BCUT2D eigenvalue weighted by Crippen LogP contribution is 2.32. The van der Waals surface area contributed by atoms with E-state index in [9.17, 15) is 0 Å². The van der Waals surface area contributed by atoms with E-state index in [-0.39, 0.29) is 0 Å². The molecule has 2 rings (SSSR count).